The molecule has 2 atom stereocenters. The summed E-state index contributed by atoms with van der Waals surface area (Å²) in [6.45, 7) is 6.22. The molecular weight excluding hydrogens is 212 g/mol. The van der Waals surface area contributed by atoms with Crippen molar-refractivity contribution in [2.24, 2.45) is 5.92 Å². The van der Waals surface area contributed by atoms with Crippen molar-refractivity contribution in [3.05, 3.63) is 28.8 Å². The summed E-state index contributed by atoms with van der Waals surface area (Å²) in [5.41, 5.74) is 3.69. The van der Waals surface area contributed by atoms with Gasteiger partial charge in [0.1, 0.15) is 11.5 Å². The topological polar surface area (TPSA) is 26.3 Å². The molecule has 1 saturated carbocycles. The molecule has 0 spiro atoms. The minimum Gasteiger partial charge on any atom is -0.496 e. The van der Waals surface area contributed by atoms with Crippen LogP contribution in [0.5, 0.6) is 5.75 Å². The second kappa shape index (κ2) is 4.52. The molecule has 1 fully saturated rings. The van der Waals surface area contributed by atoms with Crippen molar-refractivity contribution in [2.45, 2.75) is 39.5 Å². The number of hydrogen-bond acceptors (Lipinski definition) is 2. The Morgan fingerprint density at radius 2 is 2.00 bits per heavy atom. The molecule has 1 aliphatic rings. The van der Waals surface area contributed by atoms with E-state index in [9.17, 15) is 4.79 Å². The Labute approximate surface area is 103 Å². The highest BCUT2D eigenvalue weighted by Crippen LogP contribution is 2.42. The van der Waals surface area contributed by atoms with Gasteiger partial charge in [-0.3, -0.25) is 4.79 Å². The van der Waals surface area contributed by atoms with E-state index in [1.54, 1.807) is 7.11 Å². The van der Waals surface area contributed by atoms with Crippen LogP contribution in [0.15, 0.2) is 12.1 Å². The van der Waals surface area contributed by atoms with Crippen LogP contribution >= 0.6 is 0 Å². The largest absolute Gasteiger partial charge is 0.496 e. The maximum atomic E-state index is 11.7. The van der Waals surface area contributed by atoms with Gasteiger partial charge in [-0.1, -0.05) is 13.0 Å². The molecule has 2 rings (SSSR count). The number of benzene rings is 1. The molecule has 0 bridgehead atoms. The molecule has 92 valence electrons. The molecule has 0 heterocycles. The Hall–Kier alpha value is -1.31. The van der Waals surface area contributed by atoms with Gasteiger partial charge in [0.2, 0.25) is 0 Å². The van der Waals surface area contributed by atoms with Gasteiger partial charge in [-0.2, -0.15) is 0 Å². The van der Waals surface area contributed by atoms with E-state index >= 15 is 0 Å². The summed E-state index contributed by atoms with van der Waals surface area (Å²) >= 11 is 0. The van der Waals surface area contributed by atoms with Gasteiger partial charge in [-0.05, 0) is 43.4 Å². The summed E-state index contributed by atoms with van der Waals surface area (Å²) in [6.07, 6.45) is 1.67. The van der Waals surface area contributed by atoms with E-state index in [4.69, 9.17) is 4.74 Å². The lowest BCUT2D eigenvalue weighted by molar-refractivity contribution is -0.120. The highest BCUT2D eigenvalue weighted by atomic mass is 16.5. The van der Waals surface area contributed by atoms with Crippen molar-refractivity contribution < 1.29 is 9.53 Å². The van der Waals surface area contributed by atoms with Gasteiger partial charge >= 0.3 is 0 Å². The molecule has 2 heteroatoms. The van der Waals surface area contributed by atoms with E-state index in [0.29, 0.717) is 18.1 Å². The van der Waals surface area contributed by atoms with Crippen LogP contribution in [-0.4, -0.2) is 12.9 Å². The standard InChI is InChI=1S/C15H20O2/c1-9-7-10(2)15(14(8-9)17-4)12-5-6-13(16)11(12)3/h7-8,11-12H,5-6H2,1-4H3. The Bertz CT molecular complexity index is 448. The van der Waals surface area contributed by atoms with Crippen LogP contribution in [-0.2, 0) is 4.79 Å². The third-order valence-electron chi connectivity index (χ3n) is 3.90. The van der Waals surface area contributed by atoms with E-state index < -0.39 is 0 Å². The molecule has 0 aliphatic heterocycles. The summed E-state index contributed by atoms with van der Waals surface area (Å²) in [5.74, 6) is 1.79. The molecule has 0 radical (unpaired) electrons. The maximum absolute atomic E-state index is 11.7. The fraction of sp³-hybridized carbons (Fsp3) is 0.533. The molecule has 0 N–H and O–H groups in total. The lowest BCUT2D eigenvalue weighted by atomic mass is 9.86. The van der Waals surface area contributed by atoms with Gasteiger partial charge in [-0.25, -0.2) is 0 Å². The van der Waals surface area contributed by atoms with E-state index in [1.807, 2.05) is 6.92 Å². The molecule has 0 saturated heterocycles. The summed E-state index contributed by atoms with van der Waals surface area (Å²) in [4.78, 5) is 11.7. The van der Waals surface area contributed by atoms with Crippen molar-refractivity contribution in [1.29, 1.82) is 0 Å². The predicted molar refractivity (Wildman–Crippen MR) is 68.6 cm³/mol. The molecule has 1 aromatic carbocycles. The molecule has 0 aromatic heterocycles. The van der Waals surface area contributed by atoms with Crippen LogP contribution in [0.25, 0.3) is 0 Å². The fourth-order valence-electron chi connectivity index (χ4n) is 2.98. The normalized spacial score (nSPS) is 24.1. The van der Waals surface area contributed by atoms with E-state index in [0.717, 1.165) is 12.2 Å². The summed E-state index contributed by atoms with van der Waals surface area (Å²) < 4.78 is 5.49. The van der Waals surface area contributed by atoms with Gasteiger partial charge in [-0.15, -0.1) is 0 Å². The molecule has 2 unspecified atom stereocenters. The molecule has 1 aliphatic carbocycles. The van der Waals surface area contributed by atoms with E-state index in [2.05, 4.69) is 26.0 Å². The first-order chi connectivity index (χ1) is 8.04. The average molecular weight is 232 g/mol. The zero-order valence-electron chi connectivity index (χ0n) is 11.0. The first-order valence-corrected chi connectivity index (χ1v) is 6.22. The molecule has 17 heavy (non-hydrogen) atoms. The number of ketones is 1. The summed E-state index contributed by atoms with van der Waals surface area (Å²) in [5, 5.41) is 0. The van der Waals surface area contributed by atoms with E-state index in [-0.39, 0.29) is 5.92 Å². The zero-order valence-corrected chi connectivity index (χ0v) is 11.0. The zero-order chi connectivity index (χ0) is 12.6. The van der Waals surface area contributed by atoms with Crippen molar-refractivity contribution in [1.82, 2.24) is 0 Å². The first-order valence-electron chi connectivity index (χ1n) is 6.22. The minimum atomic E-state index is 0.130. The van der Waals surface area contributed by atoms with Gasteiger partial charge < -0.3 is 4.74 Å². The number of carbonyl (C=O) groups is 1. The highest BCUT2D eigenvalue weighted by Gasteiger charge is 2.34. The maximum Gasteiger partial charge on any atom is 0.136 e. The number of Topliss-reactive ketones (excluding diaryl/α,β-unsaturated/α-hetero) is 1. The SMILES string of the molecule is COc1cc(C)cc(C)c1C1CCC(=O)C1C. The molecular formula is C15H20O2. The monoisotopic (exact) mass is 232 g/mol. The Balaban J connectivity index is 2.48. The average Bonchev–Trinajstić information content (AvgIpc) is 2.59. The van der Waals surface area contributed by atoms with Gasteiger partial charge in [0.05, 0.1) is 7.11 Å². The number of rotatable bonds is 2. The number of methoxy groups -OCH3 is 1. The quantitative estimate of drug-likeness (QED) is 0.781. The van der Waals surface area contributed by atoms with Crippen LogP contribution < -0.4 is 4.74 Å². The lowest BCUT2D eigenvalue weighted by Gasteiger charge is -2.21. The summed E-state index contributed by atoms with van der Waals surface area (Å²) in [6, 6.07) is 4.24. The van der Waals surface area contributed by atoms with Gasteiger partial charge in [0.25, 0.3) is 0 Å². The van der Waals surface area contributed by atoms with Gasteiger partial charge in [0.15, 0.2) is 0 Å². The second-order valence-electron chi connectivity index (χ2n) is 5.10. The Kier molecular flexibility index (Phi) is 3.23. The minimum absolute atomic E-state index is 0.130. The third kappa shape index (κ3) is 2.08. The van der Waals surface area contributed by atoms with Crippen LogP contribution in [0.3, 0.4) is 0 Å². The Morgan fingerprint density at radius 3 is 2.53 bits per heavy atom. The smallest absolute Gasteiger partial charge is 0.136 e. The van der Waals surface area contributed by atoms with Gasteiger partial charge in [0, 0.05) is 17.9 Å². The van der Waals surface area contributed by atoms with Crippen molar-refractivity contribution >= 4 is 5.78 Å². The number of ether oxygens (including phenoxy) is 1. The van der Waals surface area contributed by atoms with Crippen molar-refractivity contribution in [3.63, 3.8) is 0 Å². The third-order valence-corrected chi connectivity index (χ3v) is 3.90. The van der Waals surface area contributed by atoms with Crippen LogP contribution in [0.1, 0.15) is 42.4 Å². The van der Waals surface area contributed by atoms with E-state index in [1.165, 1.54) is 16.7 Å². The number of aryl methyl sites for hydroxylation is 2. The highest BCUT2D eigenvalue weighted by molar-refractivity contribution is 5.84. The lowest BCUT2D eigenvalue weighted by Crippen LogP contribution is -2.11. The fourth-order valence-corrected chi connectivity index (χ4v) is 2.98. The number of hydrogen-bond donors (Lipinski definition) is 0. The molecule has 2 nitrogen and oxygen atoms in total. The molecule has 1 aromatic rings. The predicted octanol–water partition coefficient (Wildman–Crippen LogP) is 3.39. The molecule has 0 amide bonds. The summed E-state index contributed by atoms with van der Waals surface area (Å²) in [7, 11) is 1.71. The van der Waals surface area contributed by atoms with Crippen molar-refractivity contribution in [2.75, 3.05) is 7.11 Å². The number of carbonyl (C=O) groups excluding carboxylic acids is 1. The van der Waals surface area contributed by atoms with Crippen molar-refractivity contribution in [3.8, 4) is 5.75 Å². The first kappa shape index (κ1) is 12.2. The van der Waals surface area contributed by atoms with Crippen LogP contribution in [0.2, 0.25) is 0 Å². The van der Waals surface area contributed by atoms with Crippen LogP contribution in [0, 0.1) is 19.8 Å². The Morgan fingerprint density at radius 1 is 1.29 bits per heavy atom. The van der Waals surface area contributed by atoms with Crippen LogP contribution in [0.4, 0.5) is 0 Å². The second-order valence-corrected chi connectivity index (χ2v) is 5.10.